The molecule has 0 spiro atoms. The van der Waals surface area contributed by atoms with Crippen molar-refractivity contribution < 1.29 is 9.18 Å². The zero-order valence-electron chi connectivity index (χ0n) is 15.5. The average Bonchev–Trinajstić information content (AvgIpc) is 2.62. The molecule has 0 atom stereocenters. The van der Waals surface area contributed by atoms with Crippen LogP contribution in [0.25, 0.3) is 0 Å². The maximum Gasteiger partial charge on any atom is 0.277 e. The number of aromatic nitrogens is 2. The number of amides is 1. The van der Waals surface area contributed by atoms with E-state index in [9.17, 15) is 9.18 Å². The van der Waals surface area contributed by atoms with Crippen LogP contribution in [0.2, 0.25) is 0 Å². The Hall–Kier alpha value is -3.28. The number of halogens is 1. The maximum absolute atomic E-state index is 13.4. The van der Waals surface area contributed by atoms with Gasteiger partial charge in [0.25, 0.3) is 5.91 Å². The number of nitrogens with zero attached hydrogens (tertiary/aromatic N) is 3. The summed E-state index contributed by atoms with van der Waals surface area (Å²) in [5, 5.41) is 2.95. The van der Waals surface area contributed by atoms with Crippen molar-refractivity contribution in [3.05, 3.63) is 77.4 Å². The third-order valence-electron chi connectivity index (χ3n) is 4.03. The van der Waals surface area contributed by atoms with E-state index in [1.165, 1.54) is 12.1 Å². The molecule has 1 aromatic heterocycles. The highest BCUT2D eigenvalue weighted by Gasteiger charge is 2.19. The Morgan fingerprint density at radius 1 is 1.07 bits per heavy atom. The molecule has 0 saturated heterocycles. The second-order valence-corrected chi connectivity index (χ2v) is 6.24. The van der Waals surface area contributed by atoms with Crippen LogP contribution in [0.3, 0.4) is 0 Å². The maximum atomic E-state index is 13.4. The molecule has 3 aromatic rings. The van der Waals surface area contributed by atoms with Crippen LogP contribution in [0.5, 0.6) is 0 Å². The SMILES string of the molecule is CCN(C(=O)c1cc(C)nc(Nc2cccc(F)c2)n1)c1cccc(C)c1. The van der Waals surface area contributed by atoms with Crippen LogP contribution in [0, 0.1) is 19.7 Å². The fourth-order valence-electron chi connectivity index (χ4n) is 2.81. The molecule has 0 bridgehead atoms. The van der Waals surface area contributed by atoms with Gasteiger partial charge in [0.15, 0.2) is 0 Å². The number of hydrogen-bond donors (Lipinski definition) is 1. The molecule has 0 radical (unpaired) electrons. The van der Waals surface area contributed by atoms with Crippen molar-refractivity contribution in [2.75, 3.05) is 16.8 Å². The second-order valence-electron chi connectivity index (χ2n) is 6.24. The summed E-state index contributed by atoms with van der Waals surface area (Å²) in [6, 6.07) is 15.4. The summed E-state index contributed by atoms with van der Waals surface area (Å²) >= 11 is 0. The van der Waals surface area contributed by atoms with Crippen molar-refractivity contribution in [3.63, 3.8) is 0 Å². The lowest BCUT2D eigenvalue weighted by molar-refractivity contribution is 0.0983. The van der Waals surface area contributed by atoms with Crippen molar-refractivity contribution in [2.45, 2.75) is 20.8 Å². The lowest BCUT2D eigenvalue weighted by Crippen LogP contribution is -2.31. The topological polar surface area (TPSA) is 58.1 Å². The molecule has 27 heavy (non-hydrogen) atoms. The number of carbonyl (C=O) groups excluding carboxylic acids is 1. The van der Waals surface area contributed by atoms with E-state index in [0.717, 1.165) is 11.3 Å². The van der Waals surface area contributed by atoms with Gasteiger partial charge >= 0.3 is 0 Å². The minimum atomic E-state index is -0.361. The Morgan fingerprint density at radius 2 is 1.85 bits per heavy atom. The number of anilines is 3. The summed E-state index contributed by atoms with van der Waals surface area (Å²) in [6.07, 6.45) is 0. The number of nitrogens with one attached hydrogen (secondary N) is 1. The van der Waals surface area contributed by atoms with Gasteiger partial charge in [0, 0.05) is 23.6 Å². The molecule has 0 fully saturated rings. The molecule has 5 nitrogen and oxygen atoms in total. The van der Waals surface area contributed by atoms with Gasteiger partial charge in [-0.25, -0.2) is 14.4 Å². The summed E-state index contributed by atoms with van der Waals surface area (Å²) in [7, 11) is 0. The van der Waals surface area contributed by atoms with Crippen LogP contribution in [0.4, 0.5) is 21.7 Å². The predicted molar refractivity (Wildman–Crippen MR) is 105 cm³/mol. The van der Waals surface area contributed by atoms with Crippen LogP contribution < -0.4 is 10.2 Å². The molecule has 2 aromatic carbocycles. The highest BCUT2D eigenvalue weighted by Crippen LogP contribution is 2.20. The number of hydrogen-bond acceptors (Lipinski definition) is 4. The first-order chi connectivity index (χ1) is 13.0. The molecular formula is C21H21FN4O. The van der Waals surface area contributed by atoms with Gasteiger partial charge in [0.2, 0.25) is 5.95 Å². The van der Waals surface area contributed by atoms with E-state index in [-0.39, 0.29) is 23.4 Å². The highest BCUT2D eigenvalue weighted by atomic mass is 19.1. The molecule has 1 N–H and O–H groups in total. The highest BCUT2D eigenvalue weighted by molar-refractivity contribution is 6.05. The van der Waals surface area contributed by atoms with E-state index in [2.05, 4.69) is 15.3 Å². The second kappa shape index (κ2) is 7.95. The third-order valence-corrected chi connectivity index (χ3v) is 4.03. The van der Waals surface area contributed by atoms with Gasteiger partial charge in [0.05, 0.1) is 0 Å². The Kier molecular flexibility index (Phi) is 5.45. The first-order valence-electron chi connectivity index (χ1n) is 8.73. The summed E-state index contributed by atoms with van der Waals surface area (Å²) in [4.78, 5) is 23.4. The van der Waals surface area contributed by atoms with Gasteiger partial charge in [-0.2, -0.15) is 0 Å². The molecule has 1 heterocycles. The molecule has 0 aliphatic heterocycles. The molecular weight excluding hydrogens is 343 g/mol. The lowest BCUT2D eigenvalue weighted by Gasteiger charge is -2.21. The van der Waals surface area contributed by atoms with Crippen molar-refractivity contribution in [1.29, 1.82) is 0 Å². The standard InChI is InChI=1S/C21H21FN4O/c1-4-26(18-10-5-7-14(2)11-18)20(27)19-12-15(3)23-21(25-19)24-17-9-6-8-16(22)13-17/h5-13H,4H2,1-3H3,(H,23,24,25). The van der Waals surface area contributed by atoms with Gasteiger partial charge in [-0.1, -0.05) is 18.2 Å². The number of benzene rings is 2. The molecule has 0 aliphatic carbocycles. The number of aryl methyl sites for hydroxylation is 2. The van der Waals surface area contributed by atoms with Gasteiger partial charge in [-0.05, 0) is 62.7 Å². The summed E-state index contributed by atoms with van der Waals surface area (Å²) in [5.74, 6) is -0.319. The van der Waals surface area contributed by atoms with E-state index in [0.29, 0.717) is 17.9 Å². The number of carbonyl (C=O) groups is 1. The van der Waals surface area contributed by atoms with Crippen LogP contribution in [0.15, 0.2) is 54.6 Å². The Bertz CT molecular complexity index is 974. The van der Waals surface area contributed by atoms with Crippen molar-refractivity contribution in [2.24, 2.45) is 0 Å². The smallest absolute Gasteiger partial charge is 0.277 e. The van der Waals surface area contributed by atoms with Crippen molar-refractivity contribution in [3.8, 4) is 0 Å². The molecule has 1 amide bonds. The average molecular weight is 364 g/mol. The molecule has 0 aliphatic rings. The molecule has 138 valence electrons. The Labute approximate surface area is 157 Å². The first kappa shape index (κ1) is 18.5. The molecule has 6 heteroatoms. The fraction of sp³-hybridized carbons (Fsp3) is 0.190. The van der Waals surface area contributed by atoms with Gasteiger partial charge in [0.1, 0.15) is 11.5 Å². The minimum absolute atomic E-state index is 0.212. The fourth-order valence-corrected chi connectivity index (χ4v) is 2.81. The van der Waals surface area contributed by atoms with Crippen LogP contribution in [-0.4, -0.2) is 22.4 Å². The predicted octanol–water partition coefficient (Wildman–Crippen LogP) is 4.64. The molecule has 0 unspecified atom stereocenters. The van der Waals surface area contributed by atoms with Gasteiger partial charge < -0.3 is 10.2 Å². The first-order valence-corrected chi connectivity index (χ1v) is 8.73. The quantitative estimate of drug-likeness (QED) is 0.716. The zero-order chi connectivity index (χ0) is 19.4. The lowest BCUT2D eigenvalue weighted by atomic mass is 10.2. The van der Waals surface area contributed by atoms with Gasteiger partial charge in [-0.15, -0.1) is 0 Å². The molecule has 3 rings (SSSR count). The third kappa shape index (κ3) is 4.47. The van der Waals surface area contributed by atoms with Crippen LogP contribution >= 0.6 is 0 Å². The minimum Gasteiger partial charge on any atom is -0.324 e. The van der Waals surface area contributed by atoms with Crippen molar-refractivity contribution in [1.82, 2.24) is 9.97 Å². The summed E-state index contributed by atoms with van der Waals surface area (Å²) < 4.78 is 13.4. The Morgan fingerprint density at radius 3 is 2.56 bits per heavy atom. The normalized spacial score (nSPS) is 10.5. The monoisotopic (exact) mass is 364 g/mol. The van der Waals surface area contributed by atoms with E-state index in [1.54, 1.807) is 30.0 Å². The summed E-state index contributed by atoms with van der Waals surface area (Å²) in [5.41, 5.74) is 3.34. The van der Waals surface area contributed by atoms with E-state index in [1.807, 2.05) is 38.1 Å². The van der Waals surface area contributed by atoms with Crippen LogP contribution in [-0.2, 0) is 0 Å². The Balaban J connectivity index is 1.91. The molecule has 0 saturated carbocycles. The zero-order valence-corrected chi connectivity index (χ0v) is 15.5. The van der Waals surface area contributed by atoms with Crippen molar-refractivity contribution >= 4 is 23.2 Å². The largest absolute Gasteiger partial charge is 0.324 e. The number of rotatable bonds is 5. The van der Waals surface area contributed by atoms with Gasteiger partial charge in [-0.3, -0.25) is 4.79 Å². The van der Waals surface area contributed by atoms with E-state index in [4.69, 9.17) is 0 Å². The van der Waals surface area contributed by atoms with E-state index >= 15 is 0 Å². The van der Waals surface area contributed by atoms with Crippen LogP contribution in [0.1, 0.15) is 28.7 Å². The van der Waals surface area contributed by atoms with E-state index < -0.39 is 0 Å². The summed E-state index contributed by atoms with van der Waals surface area (Å²) in [6.45, 7) is 6.20.